The highest BCUT2D eigenvalue weighted by molar-refractivity contribution is 5.23. The lowest BCUT2D eigenvalue weighted by Crippen LogP contribution is -2.39. The fraction of sp³-hybridized carbons (Fsp3) is 0.556. The number of hydrogen-bond acceptors (Lipinski definition) is 8. The van der Waals surface area contributed by atoms with Crippen molar-refractivity contribution >= 4 is 5.82 Å². The number of aliphatic hydroxyl groups is 2. The van der Waals surface area contributed by atoms with Crippen LogP contribution in [0.2, 0.25) is 0 Å². The summed E-state index contributed by atoms with van der Waals surface area (Å²) < 4.78 is 6.40. The van der Waals surface area contributed by atoms with Gasteiger partial charge in [0.1, 0.15) is 18.0 Å². The van der Waals surface area contributed by atoms with Crippen molar-refractivity contribution in [1.82, 2.24) is 9.55 Å². The molecule has 9 nitrogen and oxygen atoms in total. The van der Waals surface area contributed by atoms with Gasteiger partial charge in [-0.2, -0.15) is 4.98 Å². The number of nitrogens with two attached hydrogens (primary N) is 2. The number of nitrogen functional groups attached to an aromatic ring is 1. The minimum Gasteiger partial charge on any atom is -0.394 e. The molecule has 1 aromatic heterocycles. The molecular weight excluding hydrogens is 244 g/mol. The van der Waals surface area contributed by atoms with Gasteiger partial charge in [0.05, 0.1) is 6.61 Å². The van der Waals surface area contributed by atoms with Gasteiger partial charge in [-0.1, -0.05) is 0 Å². The maximum absolute atomic E-state index is 11.6. The Kier molecular flexibility index (Phi) is 3.59. The Labute approximate surface area is 102 Å². The number of aliphatic hydroxyl groups excluding tert-OH is 2. The predicted octanol–water partition coefficient (Wildman–Crippen LogP) is -2.66. The van der Waals surface area contributed by atoms with Gasteiger partial charge in [-0.3, -0.25) is 9.40 Å². The molecular formula is C9H14N4O5. The van der Waals surface area contributed by atoms with Crippen molar-refractivity contribution < 1.29 is 19.8 Å². The third-order valence-corrected chi connectivity index (χ3v) is 2.78. The van der Waals surface area contributed by atoms with Crippen LogP contribution in [0.15, 0.2) is 17.1 Å². The molecule has 2 rings (SSSR count). The molecule has 9 heteroatoms. The smallest absolute Gasteiger partial charge is 0.351 e. The Bertz CT molecular complexity index is 478. The van der Waals surface area contributed by atoms with Crippen molar-refractivity contribution in [3.63, 3.8) is 0 Å². The Hall–Kier alpha value is -1.52. The molecule has 6 N–H and O–H groups in total. The fourth-order valence-corrected chi connectivity index (χ4v) is 1.86. The molecule has 0 unspecified atom stereocenters. The van der Waals surface area contributed by atoms with Gasteiger partial charge in [-0.05, 0) is 6.07 Å². The van der Waals surface area contributed by atoms with E-state index < -0.39 is 36.8 Å². The molecule has 0 bridgehead atoms. The highest BCUT2D eigenvalue weighted by Gasteiger charge is 2.45. The van der Waals surface area contributed by atoms with E-state index >= 15 is 0 Å². The normalized spacial score (nSPS) is 31.7. The second-order valence-electron chi connectivity index (χ2n) is 3.88. The maximum atomic E-state index is 11.6. The molecule has 1 aliphatic rings. The molecule has 1 aliphatic heterocycles. The van der Waals surface area contributed by atoms with Gasteiger partial charge in [0.15, 0.2) is 12.3 Å². The molecule has 1 fully saturated rings. The average molecular weight is 258 g/mol. The summed E-state index contributed by atoms with van der Waals surface area (Å²) in [5.74, 6) is 5.14. The first-order chi connectivity index (χ1) is 8.58. The molecule has 1 saturated heterocycles. The molecule has 0 saturated carbocycles. The highest BCUT2D eigenvalue weighted by atomic mass is 16.7. The lowest BCUT2D eigenvalue weighted by atomic mass is 10.1. The number of rotatable bonds is 3. The van der Waals surface area contributed by atoms with E-state index in [0.717, 1.165) is 4.57 Å². The van der Waals surface area contributed by atoms with Crippen molar-refractivity contribution in [2.75, 3.05) is 12.3 Å². The summed E-state index contributed by atoms with van der Waals surface area (Å²) in [6.45, 7) is -0.422. The summed E-state index contributed by atoms with van der Waals surface area (Å²) >= 11 is 0. The SMILES string of the molecule is NO[C@@H]1[C@H](O)[C@@H](CO)O[C@H]1n1ccc(N)nc1=O. The first kappa shape index (κ1) is 12.9. The van der Waals surface area contributed by atoms with E-state index in [9.17, 15) is 9.90 Å². The number of ether oxygens (including phenoxy) is 1. The van der Waals surface area contributed by atoms with Gasteiger partial charge in [-0.15, -0.1) is 0 Å². The average Bonchev–Trinajstić information content (AvgIpc) is 2.65. The van der Waals surface area contributed by atoms with Crippen LogP contribution in [0.25, 0.3) is 0 Å². The largest absolute Gasteiger partial charge is 0.394 e. The van der Waals surface area contributed by atoms with E-state index in [1.165, 1.54) is 12.3 Å². The molecule has 4 atom stereocenters. The van der Waals surface area contributed by atoms with Crippen LogP contribution in [-0.2, 0) is 9.57 Å². The molecule has 0 amide bonds. The van der Waals surface area contributed by atoms with Crippen molar-refractivity contribution in [3.8, 4) is 0 Å². The second-order valence-corrected chi connectivity index (χ2v) is 3.88. The zero-order valence-electron chi connectivity index (χ0n) is 9.34. The van der Waals surface area contributed by atoms with Crippen LogP contribution in [0.3, 0.4) is 0 Å². The maximum Gasteiger partial charge on any atom is 0.351 e. The van der Waals surface area contributed by atoms with E-state index in [1.807, 2.05) is 0 Å². The van der Waals surface area contributed by atoms with Crippen molar-refractivity contribution in [1.29, 1.82) is 0 Å². The second kappa shape index (κ2) is 5.00. The summed E-state index contributed by atoms with van der Waals surface area (Å²) in [5.41, 5.74) is 4.70. The first-order valence-corrected chi connectivity index (χ1v) is 5.23. The van der Waals surface area contributed by atoms with Gasteiger partial charge in [0.25, 0.3) is 0 Å². The van der Waals surface area contributed by atoms with E-state index in [0.29, 0.717) is 0 Å². The number of nitrogens with zero attached hydrogens (tertiary/aromatic N) is 2. The quantitative estimate of drug-likeness (QED) is 0.429. The number of aromatic nitrogens is 2. The van der Waals surface area contributed by atoms with E-state index in [-0.39, 0.29) is 5.82 Å². The minimum atomic E-state index is -1.14. The van der Waals surface area contributed by atoms with Gasteiger partial charge < -0.3 is 20.7 Å². The highest BCUT2D eigenvalue weighted by Crippen LogP contribution is 2.29. The summed E-state index contributed by atoms with van der Waals surface area (Å²) in [7, 11) is 0. The van der Waals surface area contributed by atoms with Gasteiger partial charge in [-0.25, -0.2) is 10.7 Å². The predicted molar refractivity (Wildman–Crippen MR) is 59.0 cm³/mol. The van der Waals surface area contributed by atoms with Crippen molar-refractivity contribution in [2.45, 2.75) is 24.5 Å². The van der Waals surface area contributed by atoms with Crippen molar-refractivity contribution in [3.05, 3.63) is 22.7 Å². The van der Waals surface area contributed by atoms with Crippen LogP contribution in [0.5, 0.6) is 0 Å². The summed E-state index contributed by atoms with van der Waals surface area (Å²) in [6, 6.07) is 1.40. The molecule has 0 radical (unpaired) electrons. The van der Waals surface area contributed by atoms with Crippen LogP contribution in [0, 0.1) is 0 Å². The summed E-state index contributed by atoms with van der Waals surface area (Å²) in [6.07, 6.45) is -2.62. The summed E-state index contributed by atoms with van der Waals surface area (Å²) in [4.78, 5) is 19.8. The Balaban J connectivity index is 2.35. The fourth-order valence-electron chi connectivity index (χ4n) is 1.86. The Morgan fingerprint density at radius 1 is 1.61 bits per heavy atom. The molecule has 0 aromatic carbocycles. The van der Waals surface area contributed by atoms with Gasteiger partial charge >= 0.3 is 5.69 Å². The monoisotopic (exact) mass is 258 g/mol. The van der Waals surface area contributed by atoms with Gasteiger partial charge in [0.2, 0.25) is 0 Å². The number of hydrogen-bond donors (Lipinski definition) is 4. The number of anilines is 1. The van der Waals surface area contributed by atoms with Crippen LogP contribution in [0.1, 0.15) is 6.23 Å². The van der Waals surface area contributed by atoms with Crippen LogP contribution in [0.4, 0.5) is 5.82 Å². The molecule has 2 heterocycles. The lowest BCUT2D eigenvalue weighted by molar-refractivity contribution is -0.0755. The van der Waals surface area contributed by atoms with E-state index in [1.54, 1.807) is 0 Å². The molecule has 1 aromatic rings. The topological polar surface area (TPSA) is 146 Å². The van der Waals surface area contributed by atoms with Crippen LogP contribution in [-0.4, -0.2) is 44.7 Å². The zero-order chi connectivity index (χ0) is 13.3. The summed E-state index contributed by atoms with van der Waals surface area (Å²) in [5, 5.41) is 18.8. The van der Waals surface area contributed by atoms with E-state index in [4.69, 9.17) is 21.5 Å². The molecule has 18 heavy (non-hydrogen) atoms. The Morgan fingerprint density at radius 3 is 2.89 bits per heavy atom. The van der Waals surface area contributed by atoms with E-state index in [2.05, 4.69) is 9.82 Å². The first-order valence-electron chi connectivity index (χ1n) is 5.23. The Morgan fingerprint density at radius 2 is 2.33 bits per heavy atom. The molecule has 0 aliphatic carbocycles. The standard InChI is InChI=1S/C9H14N4O5/c10-5-1-2-13(9(16)12-5)8-7(18-11)6(15)4(3-14)17-8/h1-2,4,6-8,14-15H,3,11H2,(H2,10,12,16)/t4-,6-,7-,8-/m1/s1. The minimum absolute atomic E-state index is 0.0683. The molecule has 100 valence electrons. The third-order valence-electron chi connectivity index (χ3n) is 2.78. The zero-order valence-corrected chi connectivity index (χ0v) is 9.34. The van der Waals surface area contributed by atoms with Crippen molar-refractivity contribution in [2.24, 2.45) is 5.90 Å². The van der Waals surface area contributed by atoms with Gasteiger partial charge in [0, 0.05) is 6.20 Å². The molecule has 0 spiro atoms. The van der Waals surface area contributed by atoms with Crippen LogP contribution < -0.4 is 17.3 Å². The van der Waals surface area contributed by atoms with Crippen LogP contribution >= 0.6 is 0 Å². The lowest BCUT2D eigenvalue weighted by Gasteiger charge is -2.19. The third kappa shape index (κ3) is 2.09.